The van der Waals surface area contributed by atoms with E-state index in [9.17, 15) is 26.3 Å². The van der Waals surface area contributed by atoms with Crippen LogP contribution in [0.25, 0.3) is 0 Å². The van der Waals surface area contributed by atoms with Crippen LogP contribution in [0.2, 0.25) is 0 Å². The smallest absolute Gasteiger partial charge is 0.398 e. The minimum Gasteiger partial charge on any atom is -0.398 e. The Morgan fingerprint density at radius 2 is 1.35 bits per heavy atom. The topological polar surface area (TPSA) is 26.0 Å². The predicted molar refractivity (Wildman–Crippen MR) is 50.4 cm³/mol. The van der Waals surface area contributed by atoms with Crippen LogP contribution in [0.5, 0.6) is 0 Å². The molecule has 0 atom stereocenters. The highest BCUT2D eigenvalue weighted by Gasteiger charge is 2.43. The highest BCUT2D eigenvalue weighted by Crippen LogP contribution is 2.42. The lowest BCUT2D eigenvalue weighted by Gasteiger charge is -2.17. The van der Waals surface area contributed by atoms with Crippen molar-refractivity contribution < 1.29 is 26.3 Å². The summed E-state index contributed by atoms with van der Waals surface area (Å²) >= 11 is 5.29. The number of rotatable bonds is 1. The maximum absolute atomic E-state index is 12.4. The van der Waals surface area contributed by atoms with Gasteiger partial charge in [0.1, 0.15) is 0 Å². The standard InChI is InChI=1S/C9H6ClF6N/c10-3-4-1-5(8(11,12)13)6(2-7(4)17)9(14,15)16/h1-2H,3,17H2. The lowest BCUT2D eigenvalue weighted by Crippen LogP contribution is -2.17. The molecule has 0 bridgehead atoms. The van der Waals surface area contributed by atoms with Gasteiger partial charge in [0.05, 0.1) is 11.1 Å². The van der Waals surface area contributed by atoms with Crippen molar-refractivity contribution in [2.24, 2.45) is 0 Å². The largest absolute Gasteiger partial charge is 0.417 e. The monoisotopic (exact) mass is 277 g/mol. The van der Waals surface area contributed by atoms with E-state index in [0.717, 1.165) is 0 Å². The molecule has 0 fully saturated rings. The van der Waals surface area contributed by atoms with E-state index in [1.165, 1.54) is 0 Å². The number of hydrogen-bond acceptors (Lipinski definition) is 1. The van der Waals surface area contributed by atoms with Crippen LogP contribution in [0, 0.1) is 0 Å². The summed E-state index contributed by atoms with van der Waals surface area (Å²) in [5.74, 6) is -0.396. The Kier molecular flexibility index (Phi) is 3.52. The van der Waals surface area contributed by atoms with Gasteiger partial charge in [-0.1, -0.05) is 0 Å². The van der Waals surface area contributed by atoms with Crippen molar-refractivity contribution in [2.75, 3.05) is 5.73 Å². The van der Waals surface area contributed by atoms with Crippen LogP contribution >= 0.6 is 11.6 Å². The fourth-order valence-electron chi connectivity index (χ4n) is 1.25. The molecule has 8 heteroatoms. The van der Waals surface area contributed by atoms with Gasteiger partial charge in [-0.15, -0.1) is 11.6 Å². The zero-order chi connectivity index (χ0) is 13.4. The highest BCUT2D eigenvalue weighted by atomic mass is 35.5. The molecule has 0 radical (unpaired) electrons. The molecule has 0 saturated heterocycles. The molecule has 0 aromatic heterocycles. The van der Waals surface area contributed by atoms with E-state index < -0.39 is 35.0 Å². The van der Waals surface area contributed by atoms with Crippen molar-refractivity contribution in [1.82, 2.24) is 0 Å². The number of nitrogen functional groups attached to an aromatic ring is 1. The van der Waals surface area contributed by atoms with E-state index in [4.69, 9.17) is 17.3 Å². The molecule has 0 spiro atoms. The molecule has 17 heavy (non-hydrogen) atoms. The minimum absolute atomic E-state index is 0.188. The molecular formula is C9H6ClF6N. The summed E-state index contributed by atoms with van der Waals surface area (Å²) in [4.78, 5) is 0. The van der Waals surface area contributed by atoms with Gasteiger partial charge < -0.3 is 5.73 Å². The van der Waals surface area contributed by atoms with Crippen molar-refractivity contribution in [2.45, 2.75) is 18.2 Å². The molecule has 1 aromatic carbocycles. The average molecular weight is 278 g/mol. The van der Waals surface area contributed by atoms with Crippen LogP contribution in [0.3, 0.4) is 0 Å². The summed E-state index contributed by atoms with van der Waals surface area (Å²) in [6, 6.07) is 0.575. The van der Waals surface area contributed by atoms with Crippen LogP contribution in [0.1, 0.15) is 16.7 Å². The third-order valence-corrected chi connectivity index (χ3v) is 2.32. The summed E-state index contributed by atoms with van der Waals surface area (Å²) in [7, 11) is 0. The molecule has 96 valence electrons. The van der Waals surface area contributed by atoms with Crippen LogP contribution in [0.4, 0.5) is 32.0 Å². The van der Waals surface area contributed by atoms with Crippen LogP contribution in [-0.4, -0.2) is 0 Å². The second-order valence-electron chi connectivity index (χ2n) is 3.23. The first-order chi connectivity index (χ1) is 7.57. The molecule has 1 aromatic rings. The molecule has 0 aliphatic heterocycles. The fraction of sp³-hybridized carbons (Fsp3) is 0.333. The molecule has 1 nitrogen and oxygen atoms in total. The zero-order valence-electron chi connectivity index (χ0n) is 8.08. The maximum atomic E-state index is 12.4. The summed E-state index contributed by atoms with van der Waals surface area (Å²) in [5.41, 5.74) is 0.993. The number of alkyl halides is 7. The van der Waals surface area contributed by atoms with Crippen molar-refractivity contribution >= 4 is 17.3 Å². The molecule has 0 amide bonds. The van der Waals surface area contributed by atoms with Crippen LogP contribution in [-0.2, 0) is 18.2 Å². The van der Waals surface area contributed by atoms with E-state index in [-0.39, 0.29) is 11.6 Å². The molecule has 0 unspecified atom stereocenters. The van der Waals surface area contributed by atoms with Gasteiger partial charge in [-0.2, -0.15) is 26.3 Å². The molecule has 2 N–H and O–H groups in total. The average Bonchev–Trinajstić information content (AvgIpc) is 2.14. The Balaban J connectivity index is 3.54. The minimum atomic E-state index is -5.12. The third-order valence-electron chi connectivity index (χ3n) is 2.03. The van der Waals surface area contributed by atoms with Crippen molar-refractivity contribution in [3.05, 3.63) is 28.8 Å². The lowest BCUT2D eigenvalue weighted by atomic mass is 10.0. The summed E-state index contributed by atoms with van der Waals surface area (Å²) < 4.78 is 74.5. The molecule has 1 rings (SSSR count). The normalized spacial score (nSPS) is 12.9. The van der Waals surface area contributed by atoms with E-state index >= 15 is 0 Å². The number of benzene rings is 1. The Hall–Kier alpha value is -1.11. The van der Waals surface area contributed by atoms with Gasteiger partial charge in [0.2, 0.25) is 0 Å². The van der Waals surface area contributed by atoms with Crippen molar-refractivity contribution in [3.63, 3.8) is 0 Å². The molecule has 0 saturated carbocycles. The number of nitrogens with two attached hydrogens (primary N) is 1. The van der Waals surface area contributed by atoms with Crippen LogP contribution in [0.15, 0.2) is 12.1 Å². The van der Waals surface area contributed by atoms with E-state index in [0.29, 0.717) is 6.07 Å². The Labute approximate surface area is 97.2 Å². The third kappa shape index (κ3) is 2.96. The SMILES string of the molecule is Nc1cc(C(F)(F)F)c(C(F)(F)F)cc1CCl. The molecule has 0 aliphatic carbocycles. The maximum Gasteiger partial charge on any atom is 0.417 e. The first-order valence-corrected chi connectivity index (χ1v) is 4.73. The highest BCUT2D eigenvalue weighted by molar-refractivity contribution is 6.17. The van der Waals surface area contributed by atoms with E-state index in [1.807, 2.05) is 0 Å². The first-order valence-electron chi connectivity index (χ1n) is 4.20. The number of hydrogen-bond donors (Lipinski definition) is 1. The van der Waals surface area contributed by atoms with Gasteiger partial charge in [-0.25, -0.2) is 0 Å². The zero-order valence-corrected chi connectivity index (χ0v) is 8.84. The Morgan fingerprint density at radius 3 is 1.71 bits per heavy atom. The molecule has 0 aliphatic rings. The van der Waals surface area contributed by atoms with Gasteiger partial charge in [-0.3, -0.25) is 0 Å². The number of halogens is 7. The lowest BCUT2D eigenvalue weighted by molar-refractivity contribution is -0.162. The predicted octanol–water partition coefficient (Wildman–Crippen LogP) is 4.05. The van der Waals surface area contributed by atoms with Gasteiger partial charge in [0, 0.05) is 11.6 Å². The van der Waals surface area contributed by atoms with Crippen molar-refractivity contribution in [1.29, 1.82) is 0 Å². The fourth-order valence-corrected chi connectivity index (χ4v) is 1.48. The van der Waals surface area contributed by atoms with Gasteiger partial charge >= 0.3 is 12.4 Å². The van der Waals surface area contributed by atoms with Crippen LogP contribution < -0.4 is 5.73 Å². The number of anilines is 1. The second kappa shape index (κ2) is 4.29. The molecular weight excluding hydrogens is 272 g/mol. The Bertz CT molecular complexity index is 423. The van der Waals surface area contributed by atoms with Crippen molar-refractivity contribution in [3.8, 4) is 0 Å². The first kappa shape index (κ1) is 14.0. The van der Waals surface area contributed by atoms with Gasteiger partial charge in [0.15, 0.2) is 0 Å². The Morgan fingerprint density at radius 1 is 0.941 bits per heavy atom. The summed E-state index contributed by atoms with van der Waals surface area (Å²) in [6.45, 7) is 0. The quantitative estimate of drug-likeness (QED) is 0.468. The summed E-state index contributed by atoms with van der Waals surface area (Å²) in [5, 5.41) is 0. The van der Waals surface area contributed by atoms with Gasteiger partial charge in [-0.05, 0) is 17.7 Å². The van der Waals surface area contributed by atoms with Gasteiger partial charge in [0.25, 0.3) is 0 Å². The van der Waals surface area contributed by atoms with E-state index in [1.54, 1.807) is 0 Å². The van der Waals surface area contributed by atoms with E-state index in [2.05, 4.69) is 0 Å². The molecule has 0 heterocycles. The second-order valence-corrected chi connectivity index (χ2v) is 3.49. The summed E-state index contributed by atoms with van der Waals surface area (Å²) in [6.07, 6.45) is -10.2.